The van der Waals surface area contributed by atoms with Crippen LogP contribution in [0.4, 0.5) is 0 Å². The number of aryl methyl sites for hydroxylation is 1. The highest BCUT2D eigenvalue weighted by atomic mass is 16.5. The summed E-state index contributed by atoms with van der Waals surface area (Å²) in [5, 5.41) is 13.6. The molecule has 0 unspecified atom stereocenters. The van der Waals surface area contributed by atoms with E-state index in [0.717, 1.165) is 45.8 Å². The van der Waals surface area contributed by atoms with Crippen LogP contribution < -0.4 is 10.3 Å². The summed E-state index contributed by atoms with van der Waals surface area (Å²) in [5.41, 5.74) is 3.63. The van der Waals surface area contributed by atoms with Gasteiger partial charge in [-0.1, -0.05) is 31.2 Å². The van der Waals surface area contributed by atoms with Crippen LogP contribution in [0.15, 0.2) is 76.1 Å². The van der Waals surface area contributed by atoms with Gasteiger partial charge >= 0.3 is 0 Å². The van der Waals surface area contributed by atoms with Crippen molar-refractivity contribution in [2.24, 2.45) is 0 Å². The number of hydrogen-bond acceptors (Lipinski definition) is 7. The number of nitrogens with one attached hydrogen (secondary N) is 1. The minimum Gasteiger partial charge on any atom is -0.497 e. The Labute approximate surface area is 214 Å². The summed E-state index contributed by atoms with van der Waals surface area (Å²) in [6, 6.07) is 19.6. The summed E-state index contributed by atoms with van der Waals surface area (Å²) in [7, 11) is 1.65. The minimum atomic E-state index is -0.139. The van der Waals surface area contributed by atoms with Crippen LogP contribution in [0.5, 0.6) is 5.75 Å². The lowest BCUT2D eigenvalue weighted by atomic mass is 10.1. The van der Waals surface area contributed by atoms with Gasteiger partial charge in [0.25, 0.3) is 5.56 Å². The van der Waals surface area contributed by atoms with Gasteiger partial charge in [-0.05, 0) is 76.7 Å². The Hall–Kier alpha value is -4.24. The van der Waals surface area contributed by atoms with E-state index in [1.165, 1.54) is 0 Å². The summed E-state index contributed by atoms with van der Waals surface area (Å²) in [6.45, 7) is 5.57. The van der Waals surface area contributed by atoms with E-state index in [0.29, 0.717) is 25.2 Å². The van der Waals surface area contributed by atoms with E-state index >= 15 is 0 Å². The second-order valence-corrected chi connectivity index (χ2v) is 9.17. The van der Waals surface area contributed by atoms with Crippen molar-refractivity contribution in [3.63, 3.8) is 0 Å². The summed E-state index contributed by atoms with van der Waals surface area (Å²) in [6.07, 6.45) is 2.39. The second-order valence-electron chi connectivity index (χ2n) is 9.17. The molecule has 0 aliphatic carbocycles. The zero-order valence-corrected chi connectivity index (χ0v) is 21.2. The number of tetrazole rings is 1. The SMILES string of the molecule is CC[C@@H](c1nnnn1Cc1ccco1)N(Cc1ccc(OC)cc1)Cc1cc2ccc(C)cc2[nH]c1=O. The predicted molar refractivity (Wildman–Crippen MR) is 140 cm³/mol. The van der Waals surface area contributed by atoms with E-state index in [1.54, 1.807) is 18.1 Å². The molecule has 5 aromatic rings. The second kappa shape index (κ2) is 10.8. The highest BCUT2D eigenvalue weighted by Gasteiger charge is 2.26. The number of H-pyrrole nitrogens is 1. The number of aromatic amines is 1. The number of nitrogens with zero attached hydrogens (tertiary/aromatic N) is 5. The van der Waals surface area contributed by atoms with Crippen molar-refractivity contribution >= 4 is 10.9 Å². The first-order valence-electron chi connectivity index (χ1n) is 12.3. The minimum absolute atomic E-state index is 0.0946. The topological polar surface area (TPSA) is 102 Å². The predicted octanol–water partition coefficient (Wildman–Crippen LogP) is 4.63. The number of ether oxygens (including phenoxy) is 1. The normalized spacial score (nSPS) is 12.3. The van der Waals surface area contributed by atoms with Crippen LogP contribution in [0.25, 0.3) is 10.9 Å². The molecule has 0 aliphatic rings. The van der Waals surface area contributed by atoms with E-state index < -0.39 is 0 Å². The third-order valence-electron chi connectivity index (χ3n) is 6.57. The van der Waals surface area contributed by atoms with Crippen LogP contribution >= 0.6 is 0 Å². The number of pyridine rings is 1. The molecule has 0 fully saturated rings. The first kappa shape index (κ1) is 24.5. The lowest BCUT2D eigenvalue weighted by Gasteiger charge is -2.30. The molecule has 0 aliphatic heterocycles. The zero-order chi connectivity index (χ0) is 25.8. The van der Waals surface area contributed by atoms with Gasteiger partial charge in [-0.25, -0.2) is 4.68 Å². The molecule has 0 saturated carbocycles. The van der Waals surface area contributed by atoms with Crippen LogP contribution in [0.2, 0.25) is 0 Å². The van der Waals surface area contributed by atoms with Crippen molar-refractivity contribution < 1.29 is 9.15 Å². The van der Waals surface area contributed by atoms with Gasteiger partial charge in [0.2, 0.25) is 0 Å². The molecule has 3 aromatic heterocycles. The fourth-order valence-corrected chi connectivity index (χ4v) is 4.66. The molecule has 37 heavy (non-hydrogen) atoms. The van der Waals surface area contributed by atoms with Crippen molar-refractivity contribution in [2.75, 3.05) is 7.11 Å². The van der Waals surface area contributed by atoms with Crippen LogP contribution in [-0.4, -0.2) is 37.2 Å². The van der Waals surface area contributed by atoms with E-state index in [1.807, 2.05) is 61.5 Å². The molecule has 5 rings (SSSR count). The van der Waals surface area contributed by atoms with Gasteiger partial charge in [0, 0.05) is 24.2 Å². The molecule has 9 nitrogen and oxygen atoms in total. The standard InChI is InChI=1S/C28H30N6O3/c1-4-26(27-30-31-32-34(27)18-24-6-5-13-37-24)33(16-20-8-11-23(36-3)12-9-20)17-22-15-21-10-7-19(2)14-25(21)29-28(22)35/h5-15,26H,4,16-18H2,1-3H3,(H,29,35)/t26-/m0/s1. The average Bonchev–Trinajstić information content (AvgIpc) is 3.58. The number of benzene rings is 2. The van der Waals surface area contributed by atoms with Gasteiger partial charge in [-0.2, -0.15) is 0 Å². The summed E-state index contributed by atoms with van der Waals surface area (Å²) in [4.78, 5) is 18.4. The lowest BCUT2D eigenvalue weighted by molar-refractivity contribution is 0.161. The molecule has 0 saturated heterocycles. The maximum atomic E-state index is 13.1. The van der Waals surface area contributed by atoms with Gasteiger partial charge in [0.05, 0.1) is 19.4 Å². The molecular weight excluding hydrogens is 468 g/mol. The number of furan rings is 1. The Morgan fingerprint density at radius 1 is 1.11 bits per heavy atom. The summed E-state index contributed by atoms with van der Waals surface area (Å²) in [5.74, 6) is 2.29. The van der Waals surface area contributed by atoms with Crippen LogP contribution in [0.1, 0.15) is 47.7 Å². The van der Waals surface area contributed by atoms with E-state index in [4.69, 9.17) is 9.15 Å². The Bertz CT molecular complexity index is 1520. The molecule has 1 atom stereocenters. The monoisotopic (exact) mass is 498 g/mol. The molecule has 2 aromatic carbocycles. The quantitative estimate of drug-likeness (QED) is 0.300. The number of fused-ring (bicyclic) bond motifs is 1. The number of hydrogen-bond donors (Lipinski definition) is 1. The van der Waals surface area contributed by atoms with E-state index in [2.05, 4.69) is 38.4 Å². The fourth-order valence-electron chi connectivity index (χ4n) is 4.66. The molecule has 1 N–H and O–H groups in total. The molecule has 3 heterocycles. The smallest absolute Gasteiger partial charge is 0.252 e. The van der Waals surface area contributed by atoms with Crippen molar-refractivity contribution in [3.05, 3.63) is 106 Å². The van der Waals surface area contributed by atoms with Crippen molar-refractivity contribution in [1.82, 2.24) is 30.1 Å². The first-order chi connectivity index (χ1) is 18.0. The van der Waals surface area contributed by atoms with Crippen LogP contribution in [0, 0.1) is 6.92 Å². The average molecular weight is 499 g/mol. The highest BCUT2D eigenvalue weighted by Crippen LogP contribution is 2.27. The zero-order valence-electron chi connectivity index (χ0n) is 21.2. The maximum absolute atomic E-state index is 13.1. The van der Waals surface area contributed by atoms with Gasteiger partial charge in [0.1, 0.15) is 18.1 Å². The summed E-state index contributed by atoms with van der Waals surface area (Å²) < 4.78 is 12.6. The largest absolute Gasteiger partial charge is 0.497 e. The Morgan fingerprint density at radius 2 is 1.95 bits per heavy atom. The number of aromatic nitrogens is 5. The third-order valence-corrected chi connectivity index (χ3v) is 6.57. The van der Waals surface area contributed by atoms with Crippen LogP contribution in [-0.2, 0) is 19.6 Å². The van der Waals surface area contributed by atoms with E-state index in [9.17, 15) is 4.79 Å². The fraction of sp³-hybridized carbons (Fsp3) is 0.286. The van der Waals surface area contributed by atoms with E-state index in [-0.39, 0.29) is 11.6 Å². The molecule has 0 radical (unpaired) electrons. The third kappa shape index (κ3) is 5.46. The molecule has 0 amide bonds. The molecule has 9 heteroatoms. The van der Waals surface area contributed by atoms with Gasteiger partial charge in [-0.15, -0.1) is 5.10 Å². The summed E-state index contributed by atoms with van der Waals surface area (Å²) >= 11 is 0. The van der Waals surface area contributed by atoms with Gasteiger partial charge < -0.3 is 14.1 Å². The van der Waals surface area contributed by atoms with Crippen molar-refractivity contribution in [3.8, 4) is 5.75 Å². The highest BCUT2D eigenvalue weighted by molar-refractivity contribution is 5.79. The Kier molecular flexibility index (Phi) is 7.14. The lowest BCUT2D eigenvalue weighted by Crippen LogP contribution is -2.32. The number of rotatable bonds is 10. The number of methoxy groups -OCH3 is 1. The molecule has 190 valence electrons. The van der Waals surface area contributed by atoms with Crippen LogP contribution in [0.3, 0.4) is 0 Å². The Morgan fingerprint density at radius 3 is 2.68 bits per heavy atom. The van der Waals surface area contributed by atoms with Crippen molar-refractivity contribution in [1.29, 1.82) is 0 Å². The molecular formula is C28H30N6O3. The van der Waals surface area contributed by atoms with Gasteiger partial charge in [0.15, 0.2) is 5.82 Å². The van der Waals surface area contributed by atoms with Crippen molar-refractivity contribution in [2.45, 2.75) is 45.9 Å². The maximum Gasteiger partial charge on any atom is 0.252 e. The Balaban J connectivity index is 1.51. The van der Waals surface area contributed by atoms with Gasteiger partial charge in [-0.3, -0.25) is 9.69 Å². The molecule has 0 spiro atoms. The first-order valence-corrected chi connectivity index (χ1v) is 12.3. The molecule has 0 bridgehead atoms.